The monoisotopic (exact) mass is 441 g/mol. The molecule has 0 unspecified atom stereocenters. The molecule has 0 heterocycles. The van der Waals surface area contributed by atoms with Crippen molar-refractivity contribution in [3.63, 3.8) is 0 Å². The SMILES string of the molecule is CCOC(=O)Cc1ccc(C=CCNC(=O)OCC2c3ccccc3-c3ccccc32)cc1. The van der Waals surface area contributed by atoms with E-state index in [1.54, 1.807) is 6.92 Å². The number of nitrogens with one attached hydrogen (secondary N) is 1. The number of carbonyl (C=O) groups is 2. The molecule has 3 aromatic carbocycles. The molecule has 0 radical (unpaired) electrons. The molecule has 0 saturated heterocycles. The van der Waals surface area contributed by atoms with E-state index in [2.05, 4.69) is 29.6 Å². The van der Waals surface area contributed by atoms with Gasteiger partial charge in [-0.2, -0.15) is 0 Å². The summed E-state index contributed by atoms with van der Waals surface area (Å²) in [6.45, 7) is 2.84. The van der Waals surface area contributed by atoms with Crippen LogP contribution in [0.1, 0.15) is 35.1 Å². The van der Waals surface area contributed by atoms with E-state index in [0.29, 0.717) is 19.8 Å². The first kappa shape index (κ1) is 22.3. The molecule has 168 valence electrons. The topological polar surface area (TPSA) is 64.6 Å². The highest BCUT2D eigenvalue weighted by atomic mass is 16.5. The molecule has 5 heteroatoms. The number of esters is 1. The smallest absolute Gasteiger partial charge is 0.407 e. The van der Waals surface area contributed by atoms with Crippen LogP contribution in [-0.4, -0.2) is 31.8 Å². The summed E-state index contributed by atoms with van der Waals surface area (Å²) in [6.07, 6.45) is 3.60. The minimum Gasteiger partial charge on any atom is -0.466 e. The maximum Gasteiger partial charge on any atom is 0.407 e. The fourth-order valence-electron chi connectivity index (χ4n) is 4.11. The molecule has 1 aliphatic carbocycles. The zero-order valence-corrected chi connectivity index (χ0v) is 18.6. The van der Waals surface area contributed by atoms with Crippen LogP contribution in [0.2, 0.25) is 0 Å². The molecule has 1 N–H and O–H groups in total. The fraction of sp³-hybridized carbons (Fsp3) is 0.214. The second-order valence-corrected chi connectivity index (χ2v) is 7.83. The average Bonchev–Trinajstić information content (AvgIpc) is 3.15. The van der Waals surface area contributed by atoms with Gasteiger partial charge in [-0.1, -0.05) is 84.9 Å². The Labute approximate surface area is 194 Å². The van der Waals surface area contributed by atoms with Crippen molar-refractivity contribution in [1.29, 1.82) is 0 Å². The summed E-state index contributed by atoms with van der Waals surface area (Å²) in [5.41, 5.74) is 6.69. The third-order valence-electron chi connectivity index (χ3n) is 5.65. The van der Waals surface area contributed by atoms with Gasteiger partial charge in [0, 0.05) is 12.5 Å². The summed E-state index contributed by atoms with van der Waals surface area (Å²) in [5.74, 6) is -0.181. The lowest BCUT2D eigenvalue weighted by Gasteiger charge is -2.14. The lowest BCUT2D eigenvalue weighted by atomic mass is 9.98. The van der Waals surface area contributed by atoms with Crippen LogP contribution < -0.4 is 5.32 Å². The molecule has 0 bridgehead atoms. The van der Waals surface area contributed by atoms with Gasteiger partial charge in [0.05, 0.1) is 13.0 Å². The van der Waals surface area contributed by atoms with Crippen molar-refractivity contribution in [2.45, 2.75) is 19.3 Å². The van der Waals surface area contributed by atoms with Crippen molar-refractivity contribution in [2.24, 2.45) is 0 Å². The molecular weight excluding hydrogens is 414 g/mol. The number of rotatable bonds is 8. The number of ether oxygens (including phenoxy) is 2. The fourth-order valence-corrected chi connectivity index (χ4v) is 4.11. The number of fused-ring (bicyclic) bond motifs is 3. The van der Waals surface area contributed by atoms with Crippen LogP contribution in [0.5, 0.6) is 0 Å². The van der Waals surface area contributed by atoms with Crippen LogP contribution in [0.25, 0.3) is 17.2 Å². The molecule has 3 aromatic rings. The highest BCUT2D eigenvalue weighted by Gasteiger charge is 2.28. The minimum absolute atomic E-state index is 0.0480. The van der Waals surface area contributed by atoms with E-state index >= 15 is 0 Å². The normalized spacial score (nSPS) is 12.3. The van der Waals surface area contributed by atoms with E-state index in [9.17, 15) is 9.59 Å². The highest BCUT2D eigenvalue weighted by Crippen LogP contribution is 2.44. The summed E-state index contributed by atoms with van der Waals surface area (Å²) >= 11 is 0. The molecular formula is C28H27NO4. The molecule has 0 fully saturated rings. The molecule has 5 nitrogen and oxygen atoms in total. The van der Waals surface area contributed by atoms with Crippen molar-refractivity contribution in [1.82, 2.24) is 5.32 Å². The molecule has 0 aliphatic heterocycles. The van der Waals surface area contributed by atoms with Crippen molar-refractivity contribution in [2.75, 3.05) is 19.8 Å². The van der Waals surface area contributed by atoms with E-state index < -0.39 is 6.09 Å². The van der Waals surface area contributed by atoms with Crippen molar-refractivity contribution in [3.05, 3.63) is 101 Å². The lowest BCUT2D eigenvalue weighted by Crippen LogP contribution is -2.26. The second kappa shape index (κ2) is 10.6. The predicted octanol–water partition coefficient (Wildman–Crippen LogP) is 5.34. The molecule has 1 aliphatic rings. The van der Waals surface area contributed by atoms with Crippen LogP contribution >= 0.6 is 0 Å². The summed E-state index contributed by atoms with van der Waals surface area (Å²) < 4.78 is 10.5. The van der Waals surface area contributed by atoms with Crippen LogP contribution in [0, 0.1) is 0 Å². The van der Waals surface area contributed by atoms with Gasteiger partial charge in [-0.15, -0.1) is 0 Å². The van der Waals surface area contributed by atoms with Gasteiger partial charge in [0.15, 0.2) is 0 Å². The van der Waals surface area contributed by atoms with Gasteiger partial charge in [0.2, 0.25) is 0 Å². The maximum absolute atomic E-state index is 12.2. The van der Waals surface area contributed by atoms with E-state index in [4.69, 9.17) is 9.47 Å². The van der Waals surface area contributed by atoms with Gasteiger partial charge in [0.1, 0.15) is 6.61 Å². The molecule has 0 aromatic heterocycles. The highest BCUT2D eigenvalue weighted by molar-refractivity contribution is 5.79. The van der Waals surface area contributed by atoms with Crippen LogP contribution in [0.4, 0.5) is 4.79 Å². The van der Waals surface area contributed by atoms with Gasteiger partial charge in [0.25, 0.3) is 0 Å². The number of benzene rings is 3. The van der Waals surface area contributed by atoms with Gasteiger partial charge < -0.3 is 14.8 Å². The summed E-state index contributed by atoms with van der Waals surface area (Å²) in [6, 6.07) is 24.2. The van der Waals surface area contributed by atoms with Gasteiger partial charge in [-0.25, -0.2) is 4.79 Å². The van der Waals surface area contributed by atoms with E-state index in [0.717, 1.165) is 11.1 Å². The number of hydrogen-bond acceptors (Lipinski definition) is 4. The third-order valence-corrected chi connectivity index (χ3v) is 5.65. The Morgan fingerprint density at radius 1 is 0.879 bits per heavy atom. The molecule has 4 rings (SSSR count). The number of carbonyl (C=O) groups excluding carboxylic acids is 2. The van der Waals surface area contributed by atoms with E-state index in [-0.39, 0.29) is 18.3 Å². The Morgan fingerprint density at radius 2 is 1.52 bits per heavy atom. The molecule has 0 atom stereocenters. The minimum atomic E-state index is -0.439. The van der Waals surface area contributed by atoms with E-state index in [1.165, 1.54) is 22.3 Å². The number of amides is 1. The van der Waals surface area contributed by atoms with Crippen LogP contribution in [-0.2, 0) is 20.7 Å². The lowest BCUT2D eigenvalue weighted by molar-refractivity contribution is -0.142. The molecule has 0 saturated carbocycles. The summed E-state index contributed by atoms with van der Waals surface area (Å²) in [7, 11) is 0. The zero-order chi connectivity index (χ0) is 23.0. The Morgan fingerprint density at radius 3 is 2.15 bits per heavy atom. The quantitative estimate of drug-likeness (QED) is 0.479. The van der Waals surface area contributed by atoms with Crippen molar-refractivity contribution >= 4 is 18.1 Å². The third kappa shape index (κ3) is 5.50. The number of hydrogen-bond donors (Lipinski definition) is 1. The van der Waals surface area contributed by atoms with Gasteiger partial charge >= 0.3 is 12.1 Å². The Hall–Kier alpha value is -3.86. The first-order valence-electron chi connectivity index (χ1n) is 11.2. The largest absolute Gasteiger partial charge is 0.466 e. The number of alkyl carbamates (subject to hydrolysis) is 1. The second-order valence-electron chi connectivity index (χ2n) is 7.83. The first-order chi connectivity index (χ1) is 16.2. The molecule has 33 heavy (non-hydrogen) atoms. The van der Waals surface area contributed by atoms with E-state index in [1.807, 2.05) is 60.7 Å². The summed E-state index contributed by atoms with van der Waals surface area (Å²) in [4.78, 5) is 23.8. The Kier molecular flexibility index (Phi) is 7.20. The zero-order valence-electron chi connectivity index (χ0n) is 18.6. The van der Waals surface area contributed by atoms with Gasteiger partial charge in [-0.05, 0) is 40.3 Å². The predicted molar refractivity (Wildman–Crippen MR) is 129 cm³/mol. The van der Waals surface area contributed by atoms with Crippen LogP contribution in [0.3, 0.4) is 0 Å². The Balaban J connectivity index is 1.25. The Bertz CT molecular complexity index is 1110. The first-order valence-corrected chi connectivity index (χ1v) is 11.2. The molecule has 0 spiro atoms. The summed E-state index contributed by atoms with van der Waals surface area (Å²) in [5, 5.41) is 2.77. The molecule has 1 amide bonds. The average molecular weight is 442 g/mol. The van der Waals surface area contributed by atoms with Gasteiger partial charge in [-0.3, -0.25) is 4.79 Å². The maximum atomic E-state index is 12.2. The standard InChI is InChI=1S/C28H27NO4/c1-2-32-27(30)18-21-15-13-20(14-16-21)8-7-17-29-28(31)33-19-26-24-11-5-3-9-22(24)23-10-4-6-12-25(23)26/h3-16,26H,2,17-19H2,1H3,(H,29,31). The van der Waals surface area contributed by atoms with Crippen molar-refractivity contribution < 1.29 is 19.1 Å². The van der Waals surface area contributed by atoms with Crippen molar-refractivity contribution in [3.8, 4) is 11.1 Å². The van der Waals surface area contributed by atoms with Crippen LogP contribution in [0.15, 0.2) is 78.9 Å².